The first-order chi connectivity index (χ1) is 13.8. The van der Waals surface area contributed by atoms with Crippen molar-refractivity contribution in [2.45, 2.75) is 0 Å². The van der Waals surface area contributed by atoms with Gasteiger partial charge >= 0.3 is 6.03 Å². The average molecular weight is 397 g/mol. The third-order valence-electron chi connectivity index (χ3n) is 4.14. The van der Waals surface area contributed by atoms with Crippen LogP contribution in [0.4, 0.5) is 16.2 Å². The van der Waals surface area contributed by atoms with Crippen molar-refractivity contribution in [3.05, 3.63) is 63.7 Å². The maximum absolute atomic E-state index is 12.8. The zero-order chi connectivity index (χ0) is 21.1. The number of nitrogens with zero attached hydrogens (tertiary/aromatic N) is 2. The van der Waals surface area contributed by atoms with Crippen molar-refractivity contribution in [1.82, 2.24) is 5.32 Å². The van der Waals surface area contributed by atoms with Crippen LogP contribution < -0.4 is 19.7 Å². The van der Waals surface area contributed by atoms with Crippen LogP contribution in [0.3, 0.4) is 0 Å². The number of imide groups is 2. The van der Waals surface area contributed by atoms with E-state index in [0.717, 1.165) is 17.0 Å². The predicted octanol–water partition coefficient (Wildman–Crippen LogP) is 2.28. The van der Waals surface area contributed by atoms with Gasteiger partial charge in [-0.1, -0.05) is 6.07 Å². The van der Waals surface area contributed by atoms with Crippen LogP contribution in [0.25, 0.3) is 6.08 Å². The third kappa shape index (κ3) is 3.76. The largest absolute Gasteiger partial charge is 0.493 e. The number of rotatable bonds is 5. The van der Waals surface area contributed by atoms with Gasteiger partial charge < -0.3 is 9.47 Å². The van der Waals surface area contributed by atoms with Gasteiger partial charge in [-0.15, -0.1) is 0 Å². The molecule has 148 valence electrons. The molecule has 1 N–H and O–H groups in total. The highest BCUT2D eigenvalue weighted by atomic mass is 16.6. The number of methoxy groups -OCH3 is 2. The molecule has 10 heteroatoms. The number of benzene rings is 2. The molecule has 1 saturated heterocycles. The van der Waals surface area contributed by atoms with E-state index in [9.17, 15) is 24.5 Å². The van der Waals surface area contributed by atoms with Gasteiger partial charge in [-0.25, -0.2) is 9.69 Å². The monoisotopic (exact) mass is 397 g/mol. The van der Waals surface area contributed by atoms with E-state index in [1.165, 1.54) is 32.4 Å². The van der Waals surface area contributed by atoms with E-state index in [-0.39, 0.29) is 16.9 Å². The normalized spacial score (nSPS) is 15.3. The number of hydrogen-bond donors (Lipinski definition) is 1. The van der Waals surface area contributed by atoms with Crippen LogP contribution >= 0.6 is 0 Å². The van der Waals surface area contributed by atoms with Gasteiger partial charge in [-0.3, -0.25) is 25.0 Å². The molecule has 10 nitrogen and oxygen atoms in total. The molecule has 0 saturated carbocycles. The quantitative estimate of drug-likeness (QED) is 0.355. The van der Waals surface area contributed by atoms with Crippen molar-refractivity contribution in [3.63, 3.8) is 0 Å². The molecule has 1 heterocycles. The molecule has 1 aliphatic rings. The fourth-order valence-corrected chi connectivity index (χ4v) is 2.72. The highest BCUT2D eigenvalue weighted by Gasteiger charge is 2.37. The second kappa shape index (κ2) is 7.80. The summed E-state index contributed by atoms with van der Waals surface area (Å²) < 4.78 is 10.3. The summed E-state index contributed by atoms with van der Waals surface area (Å²) >= 11 is 0. The van der Waals surface area contributed by atoms with Crippen LogP contribution in [0.5, 0.6) is 11.5 Å². The van der Waals surface area contributed by atoms with Gasteiger partial charge in [0.1, 0.15) is 5.57 Å². The van der Waals surface area contributed by atoms with E-state index in [4.69, 9.17) is 9.47 Å². The first-order valence-corrected chi connectivity index (χ1v) is 8.23. The van der Waals surface area contributed by atoms with Gasteiger partial charge in [0, 0.05) is 12.1 Å². The molecule has 0 aliphatic carbocycles. The van der Waals surface area contributed by atoms with Crippen LogP contribution in [0.1, 0.15) is 5.56 Å². The summed E-state index contributed by atoms with van der Waals surface area (Å²) in [5.41, 5.74) is 0.0777. The number of nitrogens with one attached hydrogen (secondary N) is 1. The highest BCUT2D eigenvalue weighted by Crippen LogP contribution is 2.29. The third-order valence-corrected chi connectivity index (χ3v) is 4.14. The minimum absolute atomic E-state index is 0.0869. The lowest BCUT2D eigenvalue weighted by Crippen LogP contribution is -2.54. The maximum Gasteiger partial charge on any atom is 0.335 e. The highest BCUT2D eigenvalue weighted by molar-refractivity contribution is 6.39. The molecular weight excluding hydrogens is 382 g/mol. The second-order valence-electron chi connectivity index (χ2n) is 5.85. The summed E-state index contributed by atoms with van der Waals surface area (Å²) in [5.74, 6) is -0.846. The molecule has 0 bridgehead atoms. The first-order valence-electron chi connectivity index (χ1n) is 8.23. The minimum atomic E-state index is -0.946. The number of nitro groups is 1. The molecule has 0 aromatic heterocycles. The van der Waals surface area contributed by atoms with E-state index in [1.807, 2.05) is 0 Å². The van der Waals surface area contributed by atoms with Gasteiger partial charge in [0.25, 0.3) is 17.5 Å². The second-order valence-corrected chi connectivity index (χ2v) is 5.85. The molecular formula is C19H15N3O7. The Morgan fingerprint density at radius 3 is 2.24 bits per heavy atom. The van der Waals surface area contributed by atoms with Crippen LogP contribution in [-0.2, 0) is 9.59 Å². The first kappa shape index (κ1) is 19.5. The lowest BCUT2D eigenvalue weighted by Gasteiger charge is -2.26. The molecule has 3 rings (SSSR count). The molecule has 1 aliphatic heterocycles. The van der Waals surface area contributed by atoms with Crippen molar-refractivity contribution >= 4 is 35.3 Å². The summed E-state index contributed by atoms with van der Waals surface area (Å²) in [6.45, 7) is 0. The molecule has 0 radical (unpaired) electrons. The smallest absolute Gasteiger partial charge is 0.335 e. The van der Waals surface area contributed by atoms with Crippen LogP contribution in [0.2, 0.25) is 0 Å². The predicted molar refractivity (Wildman–Crippen MR) is 102 cm³/mol. The average Bonchev–Trinajstić information content (AvgIpc) is 2.71. The summed E-state index contributed by atoms with van der Waals surface area (Å²) in [7, 11) is 2.92. The van der Waals surface area contributed by atoms with Gasteiger partial charge in [-0.05, 0) is 35.9 Å². The number of anilines is 1. The van der Waals surface area contributed by atoms with Crippen molar-refractivity contribution in [1.29, 1.82) is 0 Å². The Kier molecular flexibility index (Phi) is 5.26. The number of urea groups is 1. The van der Waals surface area contributed by atoms with Crippen LogP contribution in [0.15, 0.2) is 48.0 Å². The van der Waals surface area contributed by atoms with E-state index in [1.54, 1.807) is 18.2 Å². The lowest BCUT2D eigenvalue weighted by atomic mass is 10.1. The molecule has 4 amide bonds. The molecule has 2 aromatic rings. The van der Waals surface area contributed by atoms with E-state index < -0.39 is 22.8 Å². The number of ether oxygens (including phenoxy) is 2. The minimum Gasteiger partial charge on any atom is -0.493 e. The standard InChI is InChI=1S/C19H15N3O7/c1-28-15-8-3-11(10-16(15)29-2)9-14-17(23)20-19(25)21(18(14)24)12-4-6-13(7-5-12)22(26)27/h3-10H,1-2H3,(H,20,23,25). The Labute approximate surface area is 164 Å². The van der Waals surface area contributed by atoms with Gasteiger partial charge in [-0.2, -0.15) is 0 Å². The number of carbonyl (C=O) groups is 3. The Hall–Kier alpha value is -4.21. The Bertz CT molecular complexity index is 1040. The van der Waals surface area contributed by atoms with E-state index in [0.29, 0.717) is 17.1 Å². The van der Waals surface area contributed by atoms with Crippen LogP contribution in [0, 0.1) is 10.1 Å². The van der Waals surface area contributed by atoms with Crippen molar-refractivity contribution in [2.24, 2.45) is 0 Å². The van der Waals surface area contributed by atoms with Crippen molar-refractivity contribution in [3.8, 4) is 11.5 Å². The number of hydrogen-bond acceptors (Lipinski definition) is 7. The number of nitro benzene ring substituents is 1. The summed E-state index contributed by atoms with van der Waals surface area (Å²) in [5, 5.41) is 12.9. The van der Waals surface area contributed by atoms with Crippen molar-refractivity contribution < 1.29 is 28.8 Å². The summed E-state index contributed by atoms with van der Waals surface area (Å²) in [6, 6.07) is 8.65. The van der Waals surface area contributed by atoms with E-state index >= 15 is 0 Å². The lowest BCUT2D eigenvalue weighted by molar-refractivity contribution is -0.384. The van der Waals surface area contributed by atoms with E-state index in [2.05, 4.69) is 5.32 Å². The number of amides is 4. The molecule has 0 spiro atoms. The molecule has 0 unspecified atom stereocenters. The van der Waals surface area contributed by atoms with Gasteiger partial charge in [0.05, 0.1) is 24.8 Å². The van der Waals surface area contributed by atoms with Crippen LogP contribution in [-0.4, -0.2) is 37.0 Å². The molecule has 29 heavy (non-hydrogen) atoms. The fraction of sp³-hybridized carbons (Fsp3) is 0.105. The maximum atomic E-state index is 12.8. The zero-order valence-electron chi connectivity index (χ0n) is 15.4. The molecule has 2 aromatic carbocycles. The number of carbonyl (C=O) groups excluding carboxylic acids is 3. The van der Waals surface area contributed by atoms with Crippen molar-refractivity contribution in [2.75, 3.05) is 19.1 Å². The Morgan fingerprint density at radius 2 is 1.66 bits per heavy atom. The number of barbiturate groups is 1. The number of non-ortho nitro benzene ring substituents is 1. The van der Waals surface area contributed by atoms with Gasteiger partial charge in [0.2, 0.25) is 0 Å². The summed E-state index contributed by atoms with van der Waals surface area (Å²) in [6.07, 6.45) is 1.31. The fourth-order valence-electron chi connectivity index (χ4n) is 2.72. The SMILES string of the molecule is COc1ccc(C=C2C(=O)NC(=O)N(c3ccc([N+](=O)[O-])cc3)C2=O)cc1OC. The summed E-state index contributed by atoms with van der Waals surface area (Å²) in [4.78, 5) is 48.2. The Balaban J connectivity index is 1.98. The molecule has 0 atom stereocenters. The zero-order valence-corrected chi connectivity index (χ0v) is 15.4. The Morgan fingerprint density at radius 1 is 1.00 bits per heavy atom. The topological polar surface area (TPSA) is 128 Å². The molecule has 1 fully saturated rings. The van der Waals surface area contributed by atoms with Gasteiger partial charge in [0.15, 0.2) is 11.5 Å².